The number of halogens is 8. The van der Waals surface area contributed by atoms with E-state index < -0.39 is 41.8 Å². The first-order valence-electron chi connectivity index (χ1n) is 14.2. The average Bonchev–Trinajstić information content (AvgIpc) is 2.91. The molecule has 2 fully saturated rings. The van der Waals surface area contributed by atoms with Crippen molar-refractivity contribution in [3.8, 4) is 16.9 Å². The molecule has 2 aliphatic carbocycles. The quantitative estimate of drug-likeness (QED) is 0.256. The first kappa shape index (κ1) is 30.6. The summed E-state index contributed by atoms with van der Waals surface area (Å²) < 4.78 is 113. The third-order valence-corrected chi connectivity index (χ3v) is 8.75. The number of alkyl halides is 6. The summed E-state index contributed by atoms with van der Waals surface area (Å²) >= 11 is 0. The Morgan fingerprint density at radius 2 is 1.32 bits per heavy atom. The largest absolute Gasteiger partial charge is 0.461 e. The van der Waals surface area contributed by atoms with Gasteiger partial charge in [-0.25, -0.2) is 17.6 Å². The zero-order valence-electron chi connectivity index (χ0n) is 22.6. The monoisotopic (exact) mass is 576 g/mol. The molecule has 0 amide bonds. The molecule has 0 bridgehead atoms. The van der Waals surface area contributed by atoms with Gasteiger partial charge in [-0.15, -0.1) is 0 Å². The molecular formula is C31H36F8O. The van der Waals surface area contributed by atoms with E-state index >= 15 is 8.78 Å². The highest BCUT2D eigenvalue weighted by molar-refractivity contribution is 5.65. The molecule has 4 rings (SSSR count). The van der Waals surface area contributed by atoms with Gasteiger partial charge in [0, 0.05) is 12.3 Å². The molecule has 0 spiro atoms. The summed E-state index contributed by atoms with van der Waals surface area (Å²) in [6, 6.07) is 8.36. The van der Waals surface area contributed by atoms with Crippen LogP contribution >= 0.6 is 0 Å². The standard InChI is InChI=1S/C31H36F8O/c1-2-3-19-6-14-25(15-7-19)30(36,37)18-20-4-8-21(9-5-20)22-10-12-23(13-11-22)24-16-26(32)28(27(33)17-24)40-31(38,39)29(34)35/h10-13,16-17,19-21,25,29H,2-9,14-15,18H2,1H3. The van der Waals surface area contributed by atoms with E-state index in [0.29, 0.717) is 37.2 Å². The first-order valence-corrected chi connectivity index (χ1v) is 14.2. The van der Waals surface area contributed by atoms with Crippen LogP contribution in [0.15, 0.2) is 36.4 Å². The number of ether oxygens (including phenoxy) is 1. The second-order valence-electron chi connectivity index (χ2n) is 11.5. The Morgan fingerprint density at radius 3 is 1.85 bits per heavy atom. The number of hydrogen-bond acceptors (Lipinski definition) is 1. The molecule has 2 aromatic rings. The minimum atomic E-state index is -5.03. The summed E-state index contributed by atoms with van der Waals surface area (Å²) in [5, 5.41) is 0. The van der Waals surface area contributed by atoms with Gasteiger partial charge >= 0.3 is 12.5 Å². The van der Waals surface area contributed by atoms with Crippen molar-refractivity contribution in [1.29, 1.82) is 0 Å². The van der Waals surface area contributed by atoms with Crippen LogP contribution in [0.3, 0.4) is 0 Å². The van der Waals surface area contributed by atoms with E-state index in [9.17, 15) is 26.3 Å². The normalized spacial score (nSPS) is 24.4. The fraction of sp³-hybridized carbons (Fsp3) is 0.613. The highest BCUT2D eigenvalue weighted by atomic mass is 19.3. The van der Waals surface area contributed by atoms with Crippen molar-refractivity contribution in [2.24, 2.45) is 17.8 Å². The lowest BCUT2D eigenvalue weighted by atomic mass is 9.72. The molecule has 9 heteroatoms. The Bertz CT molecular complexity index is 1080. The summed E-state index contributed by atoms with van der Waals surface area (Å²) in [5.41, 5.74) is 1.42. The van der Waals surface area contributed by atoms with E-state index in [1.807, 2.05) is 0 Å². The van der Waals surface area contributed by atoms with Crippen LogP contribution in [0.25, 0.3) is 11.1 Å². The van der Waals surface area contributed by atoms with Gasteiger partial charge in [0.05, 0.1) is 0 Å². The summed E-state index contributed by atoms with van der Waals surface area (Å²) in [6.07, 6.45) is -1.08. The SMILES string of the molecule is CCCC1CCC(C(F)(F)CC2CCC(c3ccc(-c4cc(F)c(OC(F)(F)C(F)F)c(F)c4)cc3)CC2)CC1. The predicted octanol–water partition coefficient (Wildman–Crippen LogP) is 10.8. The lowest BCUT2D eigenvalue weighted by molar-refractivity contribution is -0.255. The maximum absolute atomic E-state index is 15.1. The molecule has 0 aromatic heterocycles. The molecule has 0 radical (unpaired) electrons. The molecule has 0 unspecified atom stereocenters. The maximum atomic E-state index is 15.1. The third kappa shape index (κ3) is 7.30. The second kappa shape index (κ2) is 12.7. The average molecular weight is 577 g/mol. The van der Waals surface area contributed by atoms with Crippen LogP contribution in [-0.2, 0) is 0 Å². The van der Waals surface area contributed by atoms with Crippen molar-refractivity contribution in [3.63, 3.8) is 0 Å². The van der Waals surface area contributed by atoms with E-state index in [0.717, 1.165) is 56.2 Å². The lowest BCUT2D eigenvalue weighted by Gasteiger charge is -2.37. The van der Waals surface area contributed by atoms with E-state index in [-0.39, 0.29) is 23.8 Å². The Labute approximate surface area is 230 Å². The molecule has 0 atom stereocenters. The Hall–Kier alpha value is -2.32. The predicted molar refractivity (Wildman–Crippen MR) is 138 cm³/mol. The fourth-order valence-electron chi connectivity index (χ4n) is 6.49. The number of hydrogen-bond donors (Lipinski definition) is 0. The molecule has 0 N–H and O–H groups in total. The molecule has 222 valence electrons. The van der Waals surface area contributed by atoms with Gasteiger partial charge in [-0.05, 0) is 97.9 Å². The third-order valence-electron chi connectivity index (χ3n) is 8.75. The van der Waals surface area contributed by atoms with Crippen molar-refractivity contribution in [1.82, 2.24) is 0 Å². The van der Waals surface area contributed by atoms with Crippen LogP contribution in [0, 0.1) is 29.4 Å². The van der Waals surface area contributed by atoms with Crippen molar-refractivity contribution in [2.45, 2.75) is 102 Å². The summed E-state index contributed by atoms with van der Waals surface area (Å²) in [7, 11) is 0. The zero-order valence-corrected chi connectivity index (χ0v) is 22.6. The van der Waals surface area contributed by atoms with E-state index in [1.54, 1.807) is 24.3 Å². The highest BCUT2D eigenvalue weighted by Gasteiger charge is 2.45. The van der Waals surface area contributed by atoms with Gasteiger partial charge in [-0.3, -0.25) is 0 Å². The number of benzene rings is 2. The smallest absolute Gasteiger partial charge is 0.422 e. The van der Waals surface area contributed by atoms with Crippen molar-refractivity contribution < 1.29 is 39.9 Å². The Kier molecular flexibility index (Phi) is 9.71. The van der Waals surface area contributed by atoms with Gasteiger partial charge < -0.3 is 4.74 Å². The van der Waals surface area contributed by atoms with Gasteiger partial charge in [0.15, 0.2) is 17.4 Å². The molecule has 2 aliphatic rings. The lowest BCUT2D eigenvalue weighted by Crippen LogP contribution is -2.34. The summed E-state index contributed by atoms with van der Waals surface area (Å²) in [4.78, 5) is 0. The summed E-state index contributed by atoms with van der Waals surface area (Å²) in [5.74, 6) is -6.99. The number of rotatable bonds is 10. The molecule has 2 saturated carbocycles. The zero-order chi connectivity index (χ0) is 29.1. The van der Waals surface area contributed by atoms with Crippen molar-refractivity contribution in [3.05, 3.63) is 53.6 Å². The van der Waals surface area contributed by atoms with E-state index in [2.05, 4.69) is 11.7 Å². The minimum Gasteiger partial charge on any atom is -0.422 e. The molecule has 0 aliphatic heterocycles. The Morgan fingerprint density at radius 1 is 0.775 bits per heavy atom. The second-order valence-corrected chi connectivity index (χ2v) is 11.5. The molecule has 0 heterocycles. The molecular weight excluding hydrogens is 540 g/mol. The topological polar surface area (TPSA) is 9.23 Å². The highest BCUT2D eigenvalue weighted by Crippen LogP contribution is 2.46. The van der Waals surface area contributed by atoms with E-state index in [1.165, 1.54) is 0 Å². The van der Waals surface area contributed by atoms with E-state index in [4.69, 9.17) is 0 Å². The van der Waals surface area contributed by atoms with Gasteiger partial charge in [-0.1, -0.05) is 44.0 Å². The summed E-state index contributed by atoms with van der Waals surface area (Å²) in [6.45, 7) is 2.14. The van der Waals surface area contributed by atoms with Crippen LogP contribution < -0.4 is 4.74 Å². The van der Waals surface area contributed by atoms with Crippen molar-refractivity contribution in [2.75, 3.05) is 0 Å². The molecule has 0 saturated heterocycles. The van der Waals surface area contributed by atoms with Crippen molar-refractivity contribution >= 4 is 0 Å². The molecule has 2 aromatic carbocycles. The van der Waals surface area contributed by atoms with Crippen LogP contribution in [0.2, 0.25) is 0 Å². The Balaban J connectivity index is 1.32. The van der Waals surface area contributed by atoms with Gasteiger partial charge in [0.1, 0.15) is 0 Å². The first-order chi connectivity index (χ1) is 18.9. The van der Waals surface area contributed by atoms with Crippen LogP contribution in [0.4, 0.5) is 35.1 Å². The fourth-order valence-corrected chi connectivity index (χ4v) is 6.49. The molecule has 1 nitrogen and oxygen atoms in total. The molecule has 40 heavy (non-hydrogen) atoms. The van der Waals surface area contributed by atoms with Crippen LogP contribution in [0.5, 0.6) is 5.75 Å². The van der Waals surface area contributed by atoms with Crippen LogP contribution in [0.1, 0.15) is 89.0 Å². The van der Waals surface area contributed by atoms with Gasteiger partial charge in [-0.2, -0.15) is 17.6 Å². The van der Waals surface area contributed by atoms with Crippen LogP contribution in [-0.4, -0.2) is 18.5 Å². The van der Waals surface area contributed by atoms with Gasteiger partial charge in [0.25, 0.3) is 5.92 Å². The maximum Gasteiger partial charge on any atom is 0.461 e. The van der Waals surface area contributed by atoms with Gasteiger partial charge in [0.2, 0.25) is 0 Å². The minimum absolute atomic E-state index is 0.0111.